The molecule has 0 saturated heterocycles. The second kappa shape index (κ2) is 19.5. The molecule has 388 valence electrons. The van der Waals surface area contributed by atoms with E-state index in [1.165, 1.54) is 64.1 Å². The van der Waals surface area contributed by atoms with Crippen LogP contribution in [0.3, 0.4) is 0 Å². The fourth-order valence-corrected chi connectivity index (χ4v) is 14.1. The number of nitrogens with zero attached hydrogens (tertiary/aromatic N) is 7. The number of halogens is 1. The molecule has 4 aromatic heterocycles. The molecular formula is C73H48ClN7S. The summed E-state index contributed by atoms with van der Waals surface area (Å²) in [5.74, 6) is 2.95. The summed E-state index contributed by atoms with van der Waals surface area (Å²) in [6, 6.07) is 77.8. The number of thiophene rings is 1. The van der Waals surface area contributed by atoms with Gasteiger partial charge in [-0.2, -0.15) is 19.9 Å². The van der Waals surface area contributed by atoms with E-state index in [0.29, 0.717) is 29.2 Å². The van der Waals surface area contributed by atoms with E-state index in [4.69, 9.17) is 36.5 Å². The molecule has 82 heavy (non-hydrogen) atoms. The lowest BCUT2D eigenvalue weighted by Crippen LogP contribution is -2.08. The Morgan fingerprint density at radius 3 is 1.90 bits per heavy atom. The van der Waals surface area contributed by atoms with Gasteiger partial charge in [-0.3, -0.25) is 4.57 Å². The van der Waals surface area contributed by atoms with Crippen LogP contribution in [0, 0.1) is 0 Å². The van der Waals surface area contributed by atoms with E-state index in [1.54, 1.807) is 0 Å². The van der Waals surface area contributed by atoms with Crippen LogP contribution in [0.4, 0.5) is 0 Å². The molecule has 7 nitrogen and oxygen atoms in total. The smallest absolute Gasteiger partial charge is 0.238 e. The highest BCUT2D eigenvalue weighted by Gasteiger charge is 2.28. The van der Waals surface area contributed by atoms with E-state index in [2.05, 4.69) is 211 Å². The zero-order valence-corrected chi connectivity index (χ0v) is 46.1. The quantitative estimate of drug-likeness (QED) is 0.143. The summed E-state index contributed by atoms with van der Waals surface area (Å²) in [4.78, 5) is 30.8. The molecule has 0 bridgehead atoms. The molecule has 1 atom stereocenters. The first kappa shape index (κ1) is 48.2. The maximum atomic E-state index is 6.67. The first-order valence-corrected chi connectivity index (χ1v) is 29.1. The van der Waals surface area contributed by atoms with Crippen molar-refractivity contribution in [2.24, 2.45) is 0 Å². The molecule has 0 saturated carbocycles. The van der Waals surface area contributed by atoms with Crippen molar-refractivity contribution in [2.45, 2.75) is 32.1 Å². The molecule has 0 spiro atoms. The lowest BCUT2D eigenvalue weighted by Gasteiger charge is -2.20. The number of benzene rings is 11. The zero-order chi connectivity index (χ0) is 54.4. The minimum Gasteiger partial charge on any atom is -0.277 e. The summed E-state index contributed by atoms with van der Waals surface area (Å²) in [6.07, 6.45) is 7.37. The van der Waals surface area contributed by atoms with Crippen molar-refractivity contribution in [1.82, 2.24) is 34.5 Å². The first-order valence-electron chi connectivity index (χ1n) is 27.9. The van der Waals surface area contributed by atoms with Gasteiger partial charge in [0.15, 0.2) is 23.3 Å². The van der Waals surface area contributed by atoms with Gasteiger partial charge in [-0.25, -0.2) is 9.97 Å². The van der Waals surface area contributed by atoms with E-state index in [1.807, 2.05) is 47.7 Å². The van der Waals surface area contributed by atoms with Gasteiger partial charge in [0.1, 0.15) is 0 Å². The number of allylic oxidation sites excluding steroid dienone is 1. The van der Waals surface area contributed by atoms with Crippen LogP contribution in [-0.2, 0) is 12.8 Å². The molecule has 0 N–H and O–H groups in total. The maximum absolute atomic E-state index is 6.67. The predicted octanol–water partition coefficient (Wildman–Crippen LogP) is 19.3. The van der Waals surface area contributed by atoms with Crippen LogP contribution in [-0.4, -0.2) is 34.5 Å². The lowest BCUT2D eigenvalue weighted by molar-refractivity contribution is 0.764. The number of aromatic nitrogens is 7. The van der Waals surface area contributed by atoms with Gasteiger partial charge in [0.2, 0.25) is 11.2 Å². The largest absolute Gasteiger partial charge is 0.277 e. The lowest BCUT2D eigenvalue weighted by atomic mass is 9.85. The fraction of sp³-hybridized carbons (Fsp3) is 0.0685. The summed E-state index contributed by atoms with van der Waals surface area (Å²) in [5, 5.41) is 12.0. The van der Waals surface area contributed by atoms with Gasteiger partial charge in [0.05, 0.1) is 11.0 Å². The summed E-state index contributed by atoms with van der Waals surface area (Å²) in [7, 11) is 0. The molecule has 4 heterocycles. The van der Waals surface area contributed by atoms with Crippen LogP contribution in [0.2, 0.25) is 5.28 Å². The van der Waals surface area contributed by atoms with Gasteiger partial charge >= 0.3 is 0 Å². The normalized spacial score (nSPS) is 12.9. The topological polar surface area (TPSA) is 82.3 Å². The highest BCUT2D eigenvalue weighted by molar-refractivity contribution is 7.26. The van der Waals surface area contributed by atoms with E-state index < -0.39 is 0 Å². The molecule has 0 radical (unpaired) electrons. The van der Waals surface area contributed by atoms with Crippen LogP contribution in [0.1, 0.15) is 41.5 Å². The fourth-order valence-electron chi connectivity index (χ4n) is 12.7. The molecule has 0 aliphatic heterocycles. The van der Waals surface area contributed by atoms with Gasteiger partial charge in [-0.05, 0) is 116 Å². The van der Waals surface area contributed by atoms with Crippen LogP contribution in [0.25, 0.3) is 143 Å². The maximum Gasteiger partial charge on any atom is 0.238 e. The third-order valence-corrected chi connectivity index (χ3v) is 17.9. The minimum atomic E-state index is 0.0937. The Morgan fingerprint density at radius 2 is 1.11 bits per heavy atom. The van der Waals surface area contributed by atoms with Crippen molar-refractivity contribution in [3.63, 3.8) is 0 Å². The number of aryl methyl sites for hydroxylation is 1. The average Bonchev–Trinajstić information content (AvgIpc) is 4.31. The summed E-state index contributed by atoms with van der Waals surface area (Å²) in [6.45, 7) is 2.35. The van der Waals surface area contributed by atoms with E-state index >= 15 is 0 Å². The standard InChI is InChI=1S/C73H48ClN7S/c1-43(38-51-41-52(40-49-24-10-11-25-53(49)51)71-75-68(77-72(74)78-71)45-19-4-2-5-20-45)47-36-37-55-54-26-12-13-28-57(54)64-61-32-16-29-58(60-31-17-30-59-56-27-14-15-33-63(56)82-67(59)60)65(61)81(66(64)62(55)42-47)73-79-69(46-21-6-3-7-22-46)76-70(80-73)50-35-34-44-18-8-9-23-48(44)39-50/h2-11,13-25,27-37,39-43H,12,26,38H2,1H3/t43-/m1/s1. The number of rotatable bonds is 9. The molecule has 1 aliphatic rings. The third-order valence-electron chi connectivity index (χ3n) is 16.6. The molecule has 9 heteroatoms. The molecular weight excluding hydrogens is 1040 g/mol. The number of hydrogen-bond donors (Lipinski definition) is 0. The van der Waals surface area contributed by atoms with Gasteiger partial charge in [-0.1, -0.05) is 207 Å². The Bertz CT molecular complexity index is 5120. The third kappa shape index (κ3) is 8.08. The van der Waals surface area contributed by atoms with Gasteiger partial charge < -0.3 is 0 Å². The summed E-state index contributed by atoms with van der Waals surface area (Å²) in [5.41, 5.74) is 13.1. The van der Waals surface area contributed by atoms with Crippen LogP contribution in [0.15, 0.2) is 224 Å². The summed E-state index contributed by atoms with van der Waals surface area (Å²) < 4.78 is 4.91. The highest BCUT2D eigenvalue weighted by atomic mass is 35.5. The number of fused-ring (bicyclic) bond motifs is 13. The molecule has 11 aromatic carbocycles. The Kier molecular flexibility index (Phi) is 11.5. The first-order chi connectivity index (χ1) is 40.5. The van der Waals surface area contributed by atoms with Gasteiger partial charge in [0, 0.05) is 69.7 Å². The van der Waals surface area contributed by atoms with Crippen LogP contribution >= 0.6 is 22.9 Å². The van der Waals surface area contributed by atoms with Crippen molar-refractivity contribution < 1.29 is 0 Å². The zero-order valence-electron chi connectivity index (χ0n) is 44.6. The predicted molar refractivity (Wildman–Crippen MR) is 341 cm³/mol. The molecule has 1 aliphatic carbocycles. The monoisotopic (exact) mass is 1090 g/mol. The van der Waals surface area contributed by atoms with Gasteiger partial charge in [-0.15, -0.1) is 11.3 Å². The minimum absolute atomic E-state index is 0.0937. The van der Waals surface area contributed by atoms with Crippen molar-refractivity contribution in [1.29, 1.82) is 0 Å². The number of hydrogen-bond acceptors (Lipinski definition) is 7. The second-order valence-electron chi connectivity index (χ2n) is 21.5. The van der Waals surface area contributed by atoms with Crippen molar-refractivity contribution in [2.75, 3.05) is 0 Å². The average molecular weight is 1090 g/mol. The molecule has 0 unspecified atom stereocenters. The molecule has 0 fully saturated rings. The van der Waals surface area contributed by atoms with E-state index in [-0.39, 0.29) is 11.2 Å². The van der Waals surface area contributed by atoms with Gasteiger partial charge in [0.25, 0.3) is 0 Å². The van der Waals surface area contributed by atoms with E-state index in [0.717, 1.165) is 85.0 Å². The number of para-hydroxylation sites is 1. The Balaban J connectivity index is 0.956. The molecule has 16 rings (SSSR count). The summed E-state index contributed by atoms with van der Waals surface area (Å²) >= 11 is 8.53. The molecule has 15 aromatic rings. The van der Waals surface area contributed by atoms with Crippen LogP contribution in [0.5, 0.6) is 0 Å². The highest BCUT2D eigenvalue weighted by Crippen LogP contribution is 2.49. The Morgan fingerprint density at radius 1 is 0.476 bits per heavy atom. The Hall–Kier alpha value is -9.73. The van der Waals surface area contributed by atoms with Crippen molar-refractivity contribution >= 4 is 103 Å². The van der Waals surface area contributed by atoms with E-state index in [9.17, 15) is 0 Å². The molecule has 0 amide bonds. The van der Waals surface area contributed by atoms with Crippen LogP contribution < -0.4 is 0 Å². The van der Waals surface area contributed by atoms with Crippen molar-refractivity contribution in [3.05, 3.63) is 252 Å². The van der Waals surface area contributed by atoms with Crippen molar-refractivity contribution in [3.8, 4) is 62.6 Å². The second-order valence-corrected chi connectivity index (χ2v) is 22.9. The SMILES string of the molecule is C[C@H](Cc1cc(-c2nc(Cl)nc(-c3ccccc3)n2)cc2ccccc12)c1ccc2c3c(c4c5cccc(-c6cccc7c6sc6ccccc67)c5n(-c5nc(-c6ccccc6)nc(-c6ccc7ccccc7c6)n5)c4c2c1)C=CCC3. The Labute approximate surface area is 481 Å².